The third-order valence-corrected chi connectivity index (χ3v) is 10.4. The van der Waals surface area contributed by atoms with Crippen LogP contribution in [0.15, 0.2) is 0 Å². The molecule has 0 aliphatic rings. The Kier molecular flexibility index (Phi) is 13.3. The highest BCUT2D eigenvalue weighted by Crippen LogP contribution is 2.43. The van der Waals surface area contributed by atoms with Crippen molar-refractivity contribution >= 4 is 28.1 Å². The summed E-state index contributed by atoms with van der Waals surface area (Å²) < 4.78 is 11.3. The van der Waals surface area contributed by atoms with Gasteiger partial charge in [0, 0.05) is 0 Å². The Morgan fingerprint density at radius 1 is 0.607 bits per heavy atom. The van der Waals surface area contributed by atoms with Gasteiger partial charge in [0.2, 0.25) is 0 Å². The van der Waals surface area contributed by atoms with Crippen LogP contribution in [0.5, 0.6) is 0 Å². The minimum absolute atomic E-state index is 0.175. The summed E-state index contributed by atoms with van der Waals surface area (Å²) in [6.45, 7) is 18.2. The fraction of sp³-hybridized carbons (Fsp3) is 0.909. The maximum absolute atomic E-state index is 13.1. The topological polar surface area (TPSA) is 52.6 Å². The predicted octanol–water partition coefficient (Wildman–Crippen LogP) is 6.65. The number of hydrogen-bond acceptors (Lipinski definition) is 4. The van der Waals surface area contributed by atoms with Gasteiger partial charge in [-0.1, -0.05) is 91.7 Å². The number of ether oxygens (including phenoxy) is 2. The normalized spacial score (nSPS) is 14.4. The molecule has 0 radical (unpaired) electrons. The van der Waals surface area contributed by atoms with Crippen molar-refractivity contribution in [1.29, 1.82) is 0 Å². The van der Waals surface area contributed by atoms with E-state index in [0.29, 0.717) is 13.2 Å². The number of hydrogen-bond donors (Lipinski definition) is 0. The molecule has 2 unspecified atom stereocenters. The summed E-state index contributed by atoms with van der Waals surface area (Å²) in [5, 5.41) is 0. The summed E-state index contributed by atoms with van der Waals surface area (Å²) in [7, 11) is -3.92. The summed E-state index contributed by atoms with van der Waals surface area (Å²) in [4.78, 5) is 26.1. The molecule has 0 heterocycles. The zero-order valence-electron chi connectivity index (χ0n) is 19.9. The van der Waals surface area contributed by atoms with Crippen LogP contribution >= 0.6 is 0 Å². The first-order valence-electron chi connectivity index (χ1n) is 11.3. The van der Waals surface area contributed by atoms with E-state index < -0.39 is 16.1 Å². The van der Waals surface area contributed by atoms with Crippen LogP contribution in [0, 0.1) is 0 Å². The second-order valence-electron chi connectivity index (χ2n) is 10.1. The van der Waals surface area contributed by atoms with Gasteiger partial charge in [0.05, 0.1) is 40.4 Å². The molecule has 0 spiro atoms. The minimum Gasteiger partial charge on any atom is -0.466 e. The maximum atomic E-state index is 13.1. The molecule has 0 aliphatic heterocycles. The first-order chi connectivity index (χ1) is 13.0. The lowest BCUT2D eigenvalue weighted by Crippen LogP contribution is -2.48. The van der Waals surface area contributed by atoms with Crippen LogP contribution in [0.4, 0.5) is 0 Å². The van der Waals surface area contributed by atoms with Crippen molar-refractivity contribution in [3.05, 3.63) is 0 Å². The third kappa shape index (κ3) is 10.8. The zero-order chi connectivity index (χ0) is 21.8. The molecule has 0 aliphatic carbocycles. The summed E-state index contributed by atoms with van der Waals surface area (Å²) in [6, 6.07) is 0. The second-order valence-corrected chi connectivity index (χ2v) is 20.9. The van der Waals surface area contributed by atoms with E-state index in [1.54, 1.807) is 0 Å². The van der Waals surface area contributed by atoms with Crippen LogP contribution in [0.2, 0.25) is 50.4 Å². The molecule has 0 fully saturated rings. The molecule has 0 bridgehead atoms. The smallest absolute Gasteiger partial charge is 0.306 e. The standard InChI is InChI=1S/C22H46O4Si2/c1-9-11-13-15-17-25-21(23)19(27(3,4)5)20(28(6,7)8)22(24)26-18-16-14-12-10-2/h19-20H,9-18H2,1-8H3. The molecular weight excluding hydrogens is 384 g/mol. The van der Waals surface area contributed by atoms with Gasteiger partial charge in [-0.3, -0.25) is 9.59 Å². The highest BCUT2D eigenvalue weighted by molar-refractivity contribution is 6.87. The number of unbranched alkanes of at least 4 members (excludes halogenated alkanes) is 6. The summed E-state index contributed by atoms with van der Waals surface area (Å²) in [5.41, 5.74) is -0.651. The molecule has 0 aromatic carbocycles. The van der Waals surface area contributed by atoms with Gasteiger partial charge >= 0.3 is 11.9 Å². The summed E-state index contributed by atoms with van der Waals surface area (Å²) in [5.74, 6) is -0.350. The molecular formula is C22H46O4Si2. The van der Waals surface area contributed by atoms with Crippen LogP contribution in [0.25, 0.3) is 0 Å². The number of esters is 2. The van der Waals surface area contributed by atoms with Crippen molar-refractivity contribution in [2.24, 2.45) is 0 Å². The zero-order valence-corrected chi connectivity index (χ0v) is 21.9. The molecule has 0 aromatic rings. The van der Waals surface area contributed by atoms with Gasteiger partial charge in [0.1, 0.15) is 0 Å². The van der Waals surface area contributed by atoms with Crippen molar-refractivity contribution in [2.45, 2.75) is 116 Å². The van der Waals surface area contributed by atoms with Gasteiger partial charge in [-0.15, -0.1) is 0 Å². The average Bonchev–Trinajstić information content (AvgIpc) is 2.56. The lowest BCUT2D eigenvalue weighted by Gasteiger charge is -2.38. The van der Waals surface area contributed by atoms with Crippen molar-refractivity contribution in [2.75, 3.05) is 13.2 Å². The maximum Gasteiger partial charge on any atom is 0.306 e. The van der Waals surface area contributed by atoms with E-state index in [9.17, 15) is 9.59 Å². The fourth-order valence-electron chi connectivity index (χ4n) is 3.56. The molecule has 28 heavy (non-hydrogen) atoms. The lowest BCUT2D eigenvalue weighted by molar-refractivity contribution is -0.150. The fourth-order valence-corrected chi connectivity index (χ4v) is 10.4. The first-order valence-corrected chi connectivity index (χ1v) is 18.5. The van der Waals surface area contributed by atoms with E-state index in [1.165, 1.54) is 0 Å². The molecule has 0 saturated carbocycles. The quantitative estimate of drug-likeness (QED) is 0.166. The molecule has 0 aromatic heterocycles. The van der Waals surface area contributed by atoms with Crippen LogP contribution in [-0.2, 0) is 19.1 Å². The van der Waals surface area contributed by atoms with Crippen molar-refractivity contribution in [1.82, 2.24) is 0 Å². The van der Waals surface area contributed by atoms with E-state index in [2.05, 4.69) is 53.1 Å². The van der Waals surface area contributed by atoms with Crippen molar-refractivity contribution < 1.29 is 19.1 Å². The molecule has 166 valence electrons. The predicted molar refractivity (Wildman–Crippen MR) is 124 cm³/mol. The number of rotatable bonds is 15. The highest BCUT2D eigenvalue weighted by Gasteiger charge is 2.50. The van der Waals surface area contributed by atoms with Crippen molar-refractivity contribution in [3.8, 4) is 0 Å². The van der Waals surface area contributed by atoms with Crippen LogP contribution < -0.4 is 0 Å². The van der Waals surface area contributed by atoms with Crippen molar-refractivity contribution in [3.63, 3.8) is 0 Å². The largest absolute Gasteiger partial charge is 0.466 e. The Morgan fingerprint density at radius 3 is 1.18 bits per heavy atom. The molecule has 0 saturated heterocycles. The van der Waals surface area contributed by atoms with Gasteiger partial charge < -0.3 is 9.47 Å². The Hall–Kier alpha value is -0.626. The minimum atomic E-state index is -1.96. The van der Waals surface area contributed by atoms with E-state index in [1.807, 2.05) is 0 Å². The Bertz CT molecular complexity index is 410. The van der Waals surface area contributed by atoms with Crippen LogP contribution in [0.1, 0.15) is 65.2 Å². The lowest BCUT2D eigenvalue weighted by atomic mass is 10.2. The van der Waals surface area contributed by atoms with E-state index in [0.717, 1.165) is 51.4 Å². The van der Waals surface area contributed by atoms with Gasteiger partial charge in [-0.2, -0.15) is 0 Å². The van der Waals surface area contributed by atoms with Gasteiger partial charge in [0.15, 0.2) is 0 Å². The molecule has 4 nitrogen and oxygen atoms in total. The van der Waals surface area contributed by atoms with E-state index >= 15 is 0 Å². The Morgan fingerprint density at radius 2 is 0.929 bits per heavy atom. The second kappa shape index (κ2) is 13.6. The Labute approximate surface area is 176 Å². The summed E-state index contributed by atoms with van der Waals surface area (Å²) >= 11 is 0. The number of carbonyl (C=O) groups is 2. The molecule has 0 N–H and O–H groups in total. The third-order valence-electron chi connectivity index (χ3n) is 5.19. The monoisotopic (exact) mass is 430 g/mol. The highest BCUT2D eigenvalue weighted by atomic mass is 28.3. The van der Waals surface area contributed by atoms with E-state index in [-0.39, 0.29) is 23.0 Å². The molecule has 0 amide bonds. The average molecular weight is 431 g/mol. The molecule has 2 atom stereocenters. The van der Waals surface area contributed by atoms with Crippen LogP contribution in [0.3, 0.4) is 0 Å². The van der Waals surface area contributed by atoms with Gasteiger partial charge in [-0.05, 0) is 12.8 Å². The van der Waals surface area contributed by atoms with Gasteiger partial charge in [0.25, 0.3) is 0 Å². The number of carbonyl (C=O) groups excluding carboxylic acids is 2. The molecule has 0 rings (SSSR count). The van der Waals surface area contributed by atoms with Gasteiger partial charge in [-0.25, -0.2) is 0 Å². The van der Waals surface area contributed by atoms with E-state index in [4.69, 9.17) is 9.47 Å². The first kappa shape index (κ1) is 27.4. The SMILES string of the molecule is CCCCCCOC(=O)C(C(C(=O)OCCCCCC)[Si](C)(C)C)[Si](C)(C)C. The summed E-state index contributed by atoms with van der Waals surface area (Å²) in [6.07, 6.45) is 8.61. The Balaban J connectivity index is 5.17. The van der Waals surface area contributed by atoms with Crippen LogP contribution in [-0.4, -0.2) is 41.3 Å². The molecule has 6 heteroatoms.